The monoisotopic (exact) mass is 432 g/mol. The zero-order valence-electron chi connectivity index (χ0n) is 16.9. The molecule has 31 heavy (non-hydrogen) atoms. The van der Waals surface area contributed by atoms with Gasteiger partial charge in [0.15, 0.2) is 0 Å². The summed E-state index contributed by atoms with van der Waals surface area (Å²) >= 11 is 0. The lowest BCUT2D eigenvalue weighted by molar-refractivity contribution is -0.139. The Bertz CT molecular complexity index is 967. The quantitative estimate of drug-likeness (QED) is 0.788. The van der Waals surface area contributed by atoms with Gasteiger partial charge in [-0.25, -0.2) is 0 Å². The SMILES string of the molecule is O=C(Nc1ccc2c(c1)CN(C(=O)C1CCOCC1)CC2)c1ccc(C(F)(F)F)cc1. The summed E-state index contributed by atoms with van der Waals surface area (Å²) in [7, 11) is 0. The number of hydrogen-bond donors (Lipinski definition) is 1. The van der Waals surface area contributed by atoms with E-state index in [-0.39, 0.29) is 17.4 Å². The summed E-state index contributed by atoms with van der Waals surface area (Å²) in [5.74, 6) is -0.342. The molecular weight excluding hydrogens is 409 g/mol. The van der Waals surface area contributed by atoms with Crippen LogP contribution in [-0.4, -0.2) is 36.5 Å². The van der Waals surface area contributed by atoms with E-state index in [1.807, 2.05) is 17.0 Å². The number of hydrogen-bond acceptors (Lipinski definition) is 3. The second-order valence-corrected chi connectivity index (χ2v) is 7.91. The molecule has 2 aliphatic heterocycles. The first-order valence-corrected chi connectivity index (χ1v) is 10.3. The number of rotatable bonds is 3. The molecule has 2 amide bonds. The van der Waals surface area contributed by atoms with Crippen molar-refractivity contribution in [2.24, 2.45) is 5.92 Å². The number of nitrogens with one attached hydrogen (secondary N) is 1. The number of nitrogens with zero attached hydrogens (tertiary/aromatic N) is 1. The van der Waals surface area contributed by atoms with E-state index in [9.17, 15) is 22.8 Å². The lowest BCUT2D eigenvalue weighted by atomic mass is 9.94. The highest BCUT2D eigenvalue weighted by Gasteiger charge is 2.30. The van der Waals surface area contributed by atoms with Gasteiger partial charge in [-0.1, -0.05) is 6.07 Å². The maximum atomic E-state index is 12.8. The van der Waals surface area contributed by atoms with Crippen LogP contribution >= 0.6 is 0 Å². The van der Waals surface area contributed by atoms with Crippen molar-refractivity contribution in [1.29, 1.82) is 0 Å². The Balaban J connectivity index is 1.43. The molecule has 0 unspecified atom stereocenters. The molecule has 164 valence electrons. The molecule has 0 radical (unpaired) electrons. The van der Waals surface area contributed by atoms with Crippen molar-refractivity contribution in [3.8, 4) is 0 Å². The fourth-order valence-corrected chi connectivity index (χ4v) is 4.04. The van der Waals surface area contributed by atoms with Crippen molar-refractivity contribution in [2.45, 2.75) is 32.0 Å². The van der Waals surface area contributed by atoms with Crippen molar-refractivity contribution in [1.82, 2.24) is 4.90 Å². The predicted molar refractivity (Wildman–Crippen MR) is 109 cm³/mol. The summed E-state index contributed by atoms with van der Waals surface area (Å²) in [5.41, 5.74) is 1.98. The minimum atomic E-state index is -4.44. The smallest absolute Gasteiger partial charge is 0.381 e. The number of carbonyl (C=O) groups is 2. The number of alkyl halides is 3. The minimum absolute atomic E-state index is 0.00199. The van der Waals surface area contributed by atoms with Crippen LogP contribution in [0.1, 0.15) is 39.9 Å². The van der Waals surface area contributed by atoms with E-state index < -0.39 is 17.6 Å². The molecule has 2 aliphatic rings. The maximum Gasteiger partial charge on any atom is 0.416 e. The molecule has 8 heteroatoms. The lowest BCUT2D eigenvalue weighted by Gasteiger charge is -2.33. The first kappa shape index (κ1) is 21.4. The fourth-order valence-electron chi connectivity index (χ4n) is 4.04. The first-order valence-electron chi connectivity index (χ1n) is 10.3. The van der Waals surface area contributed by atoms with E-state index in [1.54, 1.807) is 6.07 Å². The zero-order chi connectivity index (χ0) is 22.0. The Hall–Kier alpha value is -2.87. The van der Waals surface area contributed by atoms with Gasteiger partial charge in [0.1, 0.15) is 0 Å². The highest BCUT2D eigenvalue weighted by atomic mass is 19.4. The summed E-state index contributed by atoms with van der Waals surface area (Å²) < 4.78 is 43.4. The van der Waals surface area contributed by atoms with Gasteiger partial charge in [-0.2, -0.15) is 13.2 Å². The molecule has 0 aromatic heterocycles. The molecule has 1 saturated heterocycles. The van der Waals surface area contributed by atoms with Crippen LogP contribution in [0.4, 0.5) is 18.9 Å². The first-order chi connectivity index (χ1) is 14.8. The summed E-state index contributed by atoms with van der Waals surface area (Å²) in [5, 5.41) is 2.73. The van der Waals surface area contributed by atoms with Crippen LogP contribution in [0.2, 0.25) is 0 Å². The molecule has 0 atom stereocenters. The molecular formula is C23H23F3N2O3. The van der Waals surface area contributed by atoms with Gasteiger partial charge in [0.25, 0.3) is 5.91 Å². The minimum Gasteiger partial charge on any atom is -0.381 e. The average Bonchev–Trinajstić information content (AvgIpc) is 2.78. The third kappa shape index (κ3) is 4.90. The van der Waals surface area contributed by atoms with E-state index in [4.69, 9.17) is 4.74 Å². The number of ether oxygens (including phenoxy) is 1. The van der Waals surface area contributed by atoms with Gasteiger partial charge in [-0.3, -0.25) is 9.59 Å². The second kappa shape index (κ2) is 8.70. The molecule has 2 aromatic rings. The van der Waals surface area contributed by atoms with Gasteiger partial charge in [0, 0.05) is 43.5 Å². The number of halogens is 3. The van der Waals surface area contributed by atoms with Crippen molar-refractivity contribution in [3.63, 3.8) is 0 Å². The van der Waals surface area contributed by atoms with Gasteiger partial charge in [0.2, 0.25) is 5.91 Å². The molecule has 2 aromatic carbocycles. The van der Waals surface area contributed by atoms with Crippen LogP contribution in [0.5, 0.6) is 0 Å². The summed E-state index contributed by atoms with van der Waals surface area (Å²) in [6.45, 7) is 2.37. The third-order valence-corrected chi connectivity index (χ3v) is 5.83. The van der Waals surface area contributed by atoms with Crippen LogP contribution in [0, 0.1) is 5.92 Å². The third-order valence-electron chi connectivity index (χ3n) is 5.83. The van der Waals surface area contributed by atoms with Crippen molar-refractivity contribution < 1.29 is 27.5 Å². The molecule has 1 fully saturated rings. The Kier molecular flexibility index (Phi) is 6.00. The lowest BCUT2D eigenvalue weighted by Crippen LogP contribution is -2.41. The number of fused-ring (bicyclic) bond motifs is 1. The van der Waals surface area contributed by atoms with E-state index >= 15 is 0 Å². The molecule has 4 rings (SSSR count). The topological polar surface area (TPSA) is 58.6 Å². The van der Waals surface area contributed by atoms with Crippen molar-refractivity contribution in [3.05, 3.63) is 64.7 Å². The van der Waals surface area contributed by atoms with Gasteiger partial charge in [0.05, 0.1) is 5.56 Å². The second-order valence-electron chi connectivity index (χ2n) is 7.91. The molecule has 5 nitrogen and oxygen atoms in total. The van der Waals surface area contributed by atoms with Crippen LogP contribution in [-0.2, 0) is 28.7 Å². The van der Waals surface area contributed by atoms with Crippen molar-refractivity contribution >= 4 is 17.5 Å². The number of benzene rings is 2. The zero-order valence-corrected chi connectivity index (χ0v) is 16.9. The maximum absolute atomic E-state index is 12.8. The predicted octanol–water partition coefficient (Wildman–Crippen LogP) is 4.27. The summed E-state index contributed by atoms with van der Waals surface area (Å²) in [6.07, 6.45) is -2.21. The Morgan fingerprint density at radius 2 is 1.71 bits per heavy atom. The van der Waals surface area contributed by atoms with Crippen LogP contribution in [0.25, 0.3) is 0 Å². The molecule has 2 heterocycles. The molecule has 0 bridgehead atoms. The Morgan fingerprint density at radius 1 is 1.00 bits per heavy atom. The van der Waals surface area contributed by atoms with Gasteiger partial charge < -0.3 is 15.0 Å². The highest BCUT2D eigenvalue weighted by Crippen LogP contribution is 2.29. The van der Waals surface area contributed by atoms with Gasteiger partial charge in [-0.15, -0.1) is 0 Å². The number of carbonyl (C=O) groups excluding carboxylic acids is 2. The highest BCUT2D eigenvalue weighted by molar-refractivity contribution is 6.04. The largest absolute Gasteiger partial charge is 0.416 e. The standard InChI is InChI=1S/C23H23F3N2O3/c24-23(25,26)19-4-1-16(2-5-19)21(29)27-20-6-3-15-7-10-28(14-18(15)13-20)22(30)17-8-11-31-12-9-17/h1-6,13,17H,7-12,14H2,(H,27,29). The van der Waals surface area contributed by atoms with E-state index in [1.165, 1.54) is 0 Å². The van der Waals surface area contributed by atoms with Crippen LogP contribution in [0.15, 0.2) is 42.5 Å². The summed E-state index contributed by atoms with van der Waals surface area (Å²) in [4.78, 5) is 27.1. The summed E-state index contributed by atoms with van der Waals surface area (Å²) in [6, 6.07) is 9.63. The van der Waals surface area contributed by atoms with E-state index in [2.05, 4.69) is 5.32 Å². The average molecular weight is 432 g/mol. The molecule has 0 spiro atoms. The Labute approximate surface area is 178 Å². The van der Waals surface area contributed by atoms with E-state index in [0.717, 1.165) is 54.7 Å². The molecule has 0 aliphatic carbocycles. The van der Waals surface area contributed by atoms with Gasteiger partial charge >= 0.3 is 6.18 Å². The van der Waals surface area contributed by atoms with Crippen LogP contribution < -0.4 is 5.32 Å². The normalized spacial score (nSPS) is 17.2. The molecule has 0 saturated carbocycles. The van der Waals surface area contributed by atoms with Crippen LogP contribution in [0.3, 0.4) is 0 Å². The molecule has 1 N–H and O–H groups in total. The van der Waals surface area contributed by atoms with E-state index in [0.29, 0.717) is 32.0 Å². The van der Waals surface area contributed by atoms with Gasteiger partial charge in [-0.05, 0) is 66.8 Å². The van der Waals surface area contributed by atoms with Crippen molar-refractivity contribution in [2.75, 3.05) is 25.1 Å². The number of amides is 2. The Morgan fingerprint density at radius 3 is 2.39 bits per heavy atom. The fraction of sp³-hybridized carbons (Fsp3) is 0.391. The number of anilines is 1.